The molecule has 0 amide bonds. The summed E-state index contributed by atoms with van der Waals surface area (Å²) in [6.07, 6.45) is 23.4. The number of aromatic nitrogens is 1. The van der Waals surface area contributed by atoms with Crippen molar-refractivity contribution >= 4 is 0 Å². The summed E-state index contributed by atoms with van der Waals surface area (Å²) in [6, 6.07) is 2.23. The van der Waals surface area contributed by atoms with E-state index in [9.17, 15) is 0 Å². The zero-order chi connectivity index (χ0) is 22.8. The van der Waals surface area contributed by atoms with Gasteiger partial charge in [-0.25, -0.2) is 0 Å². The van der Waals surface area contributed by atoms with Gasteiger partial charge in [-0.1, -0.05) is 39.3 Å². The molecule has 1 aromatic heterocycles. The minimum atomic E-state index is 0.0449. The number of fused-ring (bicyclic) bond motifs is 1. The van der Waals surface area contributed by atoms with Gasteiger partial charge in [-0.3, -0.25) is 4.98 Å². The van der Waals surface area contributed by atoms with E-state index in [4.69, 9.17) is 4.74 Å². The van der Waals surface area contributed by atoms with Gasteiger partial charge in [-0.15, -0.1) is 0 Å². The molecule has 1 saturated heterocycles. The van der Waals surface area contributed by atoms with Gasteiger partial charge in [0.2, 0.25) is 0 Å². The molecule has 0 aromatic carbocycles. The highest BCUT2D eigenvalue weighted by atomic mass is 16.5. The largest absolute Gasteiger partial charge is 0.359 e. The predicted molar refractivity (Wildman–Crippen MR) is 135 cm³/mol. The number of pyridine rings is 1. The van der Waals surface area contributed by atoms with Gasteiger partial charge in [-0.2, -0.15) is 0 Å². The van der Waals surface area contributed by atoms with Gasteiger partial charge in [-0.05, 0) is 129 Å². The van der Waals surface area contributed by atoms with Crippen molar-refractivity contribution in [3.05, 3.63) is 52.9 Å². The Morgan fingerprint density at radius 3 is 2.91 bits per heavy atom. The third-order valence-electron chi connectivity index (χ3n) is 11.1. The molecule has 6 rings (SSSR count). The lowest BCUT2D eigenvalue weighted by Gasteiger charge is -2.56. The highest BCUT2D eigenvalue weighted by molar-refractivity contribution is 5.46. The molecule has 2 bridgehead atoms. The van der Waals surface area contributed by atoms with E-state index in [1.807, 2.05) is 12.4 Å². The van der Waals surface area contributed by atoms with Gasteiger partial charge in [0.25, 0.3) is 0 Å². The van der Waals surface area contributed by atoms with Crippen LogP contribution in [-0.2, 0) is 11.2 Å². The van der Waals surface area contributed by atoms with Crippen molar-refractivity contribution in [3.8, 4) is 0 Å². The van der Waals surface area contributed by atoms with Crippen molar-refractivity contribution in [1.29, 1.82) is 0 Å². The van der Waals surface area contributed by atoms with Crippen LogP contribution in [0.3, 0.4) is 0 Å². The Morgan fingerprint density at radius 2 is 2.09 bits per heavy atom. The van der Waals surface area contributed by atoms with Crippen LogP contribution < -0.4 is 0 Å². The Kier molecular flexibility index (Phi) is 5.22. The third-order valence-corrected chi connectivity index (χ3v) is 11.1. The molecular weight excluding hydrogens is 402 g/mol. The number of aryl methyl sites for hydroxylation is 2. The molecule has 7 unspecified atom stereocenters. The van der Waals surface area contributed by atoms with Crippen LogP contribution in [0.1, 0.15) is 96.1 Å². The van der Waals surface area contributed by atoms with Crippen molar-refractivity contribution in [2.45, 2.75) is 110 Å². The zero-order valence-electron chi connectivity index (χ0n) is 21.3. The summed E-state index contributed by atoms with van der Waals surface area (Å²) in [4.78, 5) is 4.29. The number of nitrogens with zero attached hydrogens (tertiary/aromatic N) is 1. The van der Waals surface area contributed by atoms with Crippen LogP contribution >= 0.6 is 0 Å². The fraction of sp³-hybridized carbons (Fsp3) is 0.710. The molecule has 178 valence electrons. The van der Waals surface area contributed by atoms with Crippen LogP contribution in [0, 0.1) is 36.0 Å². The molecule has 2 spiro atoms. The Hall–Kier alpha value is -1.41. The summed E-state index contributed by atoms with van der Waals surface area (Å²) in [5, 5.41) is 0. The topological polar surface area (TPSA) is 22.1 Å². The number of rotatable bonds is 5. The molecule has 0 radical (unpaired) electrons. The average molecular weight is 446 g/mol. The summed E-state index contributed by atoms with van der Waals surface area (Å²) >= 11 is 0. The van der Waals surface area contributed by atoms with Crippen molar-refractivity contribution in [3.63, 3.8) is 0 Å². The van der Waals surface area contributed by atoms with Gasteiger partial charge in [0.05, 0.1) is 11.2 Å². The van der Waals surface area contributed by atoms with Crippen LogP contribution in [0.15, 0.2) is 41.8 Å². The first-order valence-electron chi connectivity index (χ1n) is 13.9. The SMILES string of the molecule is CCC1CC=C2C=C3CCC4(C)C(C(C)CCc5ccncc5C)CCC4C34CCC2(C1)O4. The summed E-state index contributed by atoms with van der Waals surface area (Å²) in [5.74, 6) is 3.11. The molecule has 33 heavy (non-hydrogen) atoms. The fourth-order valence-electron chi connectivity index (χ4n) is 9.22. The van der Waals surface area contributed by atoms with E-state index in [1.54, 1.807) is 11.1 Å². The van der Waals surface area contributed by atoms with E-state index < -0.39 is 0 Å². The number of hydrogen-bond acceptors (Lipinski definition) is 2. The standard InChI is InChI=1S/C31H43NO/c1-5-23-7-9-25-18-26-12-14-29(4)27(21(2)6-8-24-13-17-32-20-22(24)3)10-11-28(29)31(26)16-15-30(25,19-23)33-31/h9,13,17-18,20-21,23,27-28H,5-8,10-12,14-16,19H2,1-4H3. The van der Waals surface area contributed by atoms with E-state index in [1.165, 1.54) is 81.8 Å². The maximum atomic E-state index is 7.42. The summed E-state index contributed by atoms with van der Waals surface area (Å²) < 4.78 is 7.42. The molecule has 1 aromatic rings. The third kappa shape index (κ3) is 3.19. The number of ether oxygens (including phenoxy) is 1. The quantitative estimate of drug-likeness (QED) is 0.462. The van der Waals surface area contributed by atoms with Gasteiger partial charge in [0.1, 0.15) is 0 Å². The van der Waals surface area contributed by atoms with Gasteiger partial charge >= 0.3 is 0 Å². The van der Waals surface area contributed by atoms with Gasteiger partial charge in [0.15, 0.2) is 0 Å². The Balaban J connectivity index is 1.25. The lowest BCUT2D eigenvalue weighted by atomic mass is 9.55. The van der Waals surface area contributed by atoms with Crippen LogP contribution in [0.25, 0.3) is 0 Å². The first kappa shape index (κ1) is 22.1. The van der Waals surface area contributed by atoms with Gasteiger partial charge in [0, 0.05) is 12.4 Å². The molecule has 2 saturated carbocycles. The van der Waals surface area contributed by atoms with E-state index in [2.05, 4.69) is 50.9 Å². The van der Waals surface area contributed by atoms with Crippen molar-refractivity contribution < 1.29 is 4.74 Å². The van der Waals surface area contributed by atoms with Crippen LogP contribution in [0.5, 0.6) is 0 Å². The van der Waals surface area contributed by atoms with E-state index >= 15 is 0 Å². The molecule has 0 N–H and O–H groups in total. The smallest absolute Gasteiger partial charge is 0.0944 e. The maximum absolute atomic E-state index is 7.42. The first-order valence-corrected chi connectivity index (χ1v) is 13.9. The monoisotopic (exact) mass is 445 g/mol. The van der Waals surface area contributed by atoms with Crippen LogP contribution in [0.4, 0.5) is 0 Å². The Morgan fingerprint density at radius 1 is 1.21 bits per heavy atom. The second kappa shape index (κ2) is 7.80. The van der Waals surface area contributed by atoms with Crippen LogP contribution in [0.2, 0.25) is 0 Å². The molecule has 2 heteroatoms. The number of hydrogen-bond donors (Lipinski definition) is 0. The number of allylic oxidation sites excluding steroid dienone is 1. The molecule has 5 aliphatic rings. The van der Waals surface area contributed by atoms with Crippen molar-refractivity contribution in [2.24, 2.45) is 29.1 Å². The molecule has 2 nitrogen and oxygen atoms in total. The summed E-state index contributed by atoms with van der Waals surface area (Å²) in [6.45, 7) is 9.78. The van der Waals surface area contributed by atoms with E-state index in [0.29, 0.717) is 11.3 Å². The predicted octanol–water partition coefficient (Wildman–Crippen LogP) is 7.76. The minimum absolute atomic E-state index is 0.0449. The zero-order valence-corrected chi connectivity index (χ0v) is 21.3. The minimum Gasteiger partial charge on any atom is -0.359 e. The van der Waals surface area contributed by atoms with E-state index in [-0.39, 0.29) is 11.2 Å². The molecular formula is C31H43NO. The Labute approximate surface area is 201 Å². The molecule has 3 fully saturated rings. The molecule has 7 atom stereocenters. The summed E-state index contributed by atoms with van der Waals surface area (Å²) in [5.41, 5.74) is 6.57. The first-order chi connectivity index (χ1) is 15.9. The highest BCUT2D eigenvalue weighted by Crippen LogP contribution is 2.69. The van der Waals surface area contributed by atoms with Crippen molar-refractivity contribution in [2.75, 3.05) is 0 Å². The average Bonchev–Trinajstić information content (AvgIpc) is 3.33. The highest BCUT2D eigenvalue weighted by Gasteiger charge is 2.67. The maximum Gasteiger partial charge on any atom is 0.0944 e. The Bertz CT molecular complexity index is 992. The lowest BCUT2D eigenvalue weighted by molar-refractivity contribution is -0.149. The molecule has 3 heterocycles. The normalized spacial score (nSPS) is 42.1. The second-order valence-corrected chi connectivity index (χ2v) is 12.6. The van der Waals surface area contributed by atoms with Crippen molar-refractivity contribution in [1.82, 2.24) is 4.98 Å². The molecule has 3 aliphatic carbocycles. The van der Waals surface area contributed by atoms with E-state index in [0.717, 1.165) is 17.8 Å². The molecule has 2 aliphatic heterocycles. The second-order valence-electron chi connectivity index (χ2n) is 12.6. The fourth-order valence-corrected chi connectivity index (χ4v) is 9.22. The lowest BCUT2D eigenvalue weighted by Crippen LogP contribution is -2.55. The van der Waals surface area contributed by atoms with Gasteiger partial charge < -0.3 is 4.74 Å². The van der Waals surface area contributed by atoms with Crippen LogP contribution in [-0.4, -0.2) is 16.2 Å². The summed E-state index contributed by atoms with van der Waals surface area (Å²) in [7, 11) is 0.